The van der Waals surface area contributed by atoms with E-state index in [0.29, 0.717) is 30.2 Å². The minimum atomic E-state index is -0.577. The maximum atomic E-state index is 12.1. The van der Waals surface area contributed by atoms with E-state index in [4.69, 9.17) is 4.52 Å². The summed E-state index contributed by atoms with van der Waals surface area (Å²) in [6, 6.07) is 11.1. The Morgan fingerprint density at radius 2 is 2.12 bits per heavy atom. The molecule has 0 bridgehead atoms. The largest absolute Gasteiger partial charge is 0.386 e. The predicted octanol–water partition coefficient (Wildman–Crippen LogP) is 2.61. The molecular weight excluding hydrogens is 340 g/mol. The van der Waals surface area contributed by atoms with E-state index in [9.17, 15) is 9.90 Å². The molecule has 0 saturated carbocycles. The van der Waals surface area contributed by atoms with Gasteiger partial charge in [-0.05, 0) is 6.42 Å². The van der Waals surface area contributed by atoms with Crippen molar-refractivity contribution in [1.82, 2.24) is 20.7 Å². The molecule has 0 spiro atoms. The SMILES string of the molecule is CC[C@@H](O)c1nnc(CCNC(=O)c2cc(-c3ccccc3)on2)s1. The van der Waals surface area contributed by atoms with Gasteiger partial charge in [-0.25, -0.2) is 0 Å². The molecule has 0 radical (unpaired) electrons. The first-order chi connectivity index (χ1) is 12.2. The van der Waals surface area contributed by atoms with Gasteiger partial charge in [0.1, 0.15) is 16.1 Å². The molecule has 8 heteroatoms. The summed E-state index contributed by atoms with van der Waals surface area (Å²) in [7, 11) is 0. The molecule has 3 rings (SSSR count). The molecule has 1 atom stereocenters. The van der Waals surface area contributed by atoms with E-state index >= 15 is 0 Å². The van der Waals surface area contributed by atoms with E-state index in [2.05, 4.69) is 20.7 Å². The van der Waals surface area contributed by atoms with Crippen molar-refractivity contribution in [1.29, 1.82) is 0 Å². The van der Waals surface area contributed by atoms with Crippen molar-refractivity contribution in [3.63, 3.8) is 0 Å². The number of hydrogen-bond acceptors (Lipinski definition) is 7. The average molecular weight is 358 g/mol. The van der Waals surface area contributed by atoms with Gasteiger partial charge in [-0.15, -0.1) is 10.2 Å². The van der Waals surface area contributed by atoms with Crippen LogP contribution < -0.4 is 5.32 Å². The lowest BCUT2D eigenvalue weighted by Crippen LogP contribution is -2.25. The highest BCUT2D eigenvalue weighted by molar-refractivity contribution is 7.11. The highest BCUT2D eigenvalue weighted by Gasteiger charge is 2.14. The molecule has 0 aliphatic heterocycles. The van der Waals surface area contributed by atoms with Crippen LogP contribution in [0.15, 0.2) is 40.9 Å². The van der Waals surface area contributed by atoms with Gasteiger partial charge in [-0.1, -0.05) is 53.7 Å². The third-order valence-corrected chi connectivity index (χ3v) is 4.66. The lowest BCUT2D eigenvalue weighted by Gasteiger charge is -2.00. The zero-order valence-electron chi connectivity index (χ0n) is 13.7. The van der Waals surface area contributed by atoms with Gasteiger partial charge in [0.15, 0.2) is 11.5 Å². The quantitative estimate of drug-likeness (QED) is 0.673. The zero-order valence-corrected chi connectivity index (χ0v) is 14.5. The molecule has 0 saturated heterocycles. The van der Waals surface area contributed by atoms with E-state index in [1.54, 1.807) is 6.07 Å². The second-order valence-electron chi connectivity index (χ2n) is 5.41. The van der Waals surface area contributed by atoms with Gasteiger partial charge in [0.25, 0.3) is 5.91 Å². The zero-order chi connectivity index (χ0) is 17.6. The molecule has 2 N–H and O–H groups in total. The molecule has 3 aromatic rings. The Morgan fingerprint density at radius 1 is 1.32 bits per heavy atom. The molecule has 2 heterocycles. The van der Waals surface area contributed by atoms with Gasteiger partial charge in [-0.2, -0.15) is 0 Å². The molecule has 25 heavy (non-hydrogen) atoms. The number of carbonyl (C=O) groups excluding carboxylic acids is 1. The topological polar surface area (TPSA) is 101 Å². The van der Waals surface area contributed by atoms with Gasteiger partial charge in [0, 0.05) is 24.6 Å². The number of nitrogens with zero attached hydrogens (tertiary/aromatic N) is 3. The fourth-order valence-electron chi connectivity index (χ4n) is 2.17. The lowest BCUT2D eigenvalue weighted by atomic mass is 10.1. The summed E-state index contributed by atoms with van der Waals surface area (Å²) < 4.78 is 5.22. The van der Waals surface area contributed by atoms with Crippen LogP contribution in [0, 0.1) is 0 Å². The van der Waals surface area contributed by atoms with Crippen LogP contribution in [-0.4, -0.2) is 32.9 Å². The van der Waals surface area contributed by atoms with Gasteiger partial charge in [0.05, 0.1) is 0 Å². The van der Waals surface area contributed by atoms with Crippen LogP contribution in [0.2, 0.25) is 0 Å². The fraction of sp³-hybridized carbons (Fsp3) is 0.294. The Hall–Kier alpha value is -2.58. The standard InChI is InChI=1S/C17H18N4O3S/c1-2-13(22)17-20-19-15(25-17)8-9-18-16(23)12-10-14(24-21-12)11-6-4-3-5-7-11/h3-7,10,13,22H,2,8-9H2,1H3,(H,18,23)/t13-/m1/s1. The first-order valence-corrected chi connectivity index (χ1v) is 8.79. The molecule has 0 aliphatic carbocycles. The van der Waals surface area contributed by atoms with Crippen molar-refractivity contribution in [2.75, 3.05) is 6.54 Å². The molecule has 1 aromatic carbocycles. The van der Waals surface area contributed by atoms with Gasteiger partial charge < -0.3 is 14.9 Å². The Kier molecular flexibility index (Phi) is 5.52. The van der Waals surface area contributed by atoms with E-state index < -0.39 is 6.10 Å². The highest BCUT2D eigenvalue weighted by Crippen LogP contribution is 2.21. The number of aliphatic hydroxyl groups excluding tert-OH is 1. The normalized spacial score (nSPS) is 12.1. The summed E-state index contributed by atoms with van der Waals surface area (Å²) in [6.07, 6.45) is 0.567. The summed E-state index contributed by atoms with van der Waals surface area (Å²) >= 11 is 1.36. The maximum Gasteiger partial charge on any atom is 0.273 e. The Bertz CT molecular complexity index is 831. The Labute approximate surface area is 148 Å². The number of hydrogen-bond donors (Lipinski definition) is 2. The molecule has 2 aromatic heterocycles. The first kappa shape index (κ1) is 17.2. The van der Waals surface area contributed by atoms with E-state index in [-0.39, 0.29) is 11.6 Å². The average Bonchev–Trinajstić information content (AvgIpc) is 3.31. The van der Waals surface area contributed by atoms with Crippen molar-refractivity contribution < 1.29 is 14.4 Å². The van der Waals surface area contributed by atoms with Crippen LogP contribution in [-0.2, 0) is 6.42 Å². The monoisotopic (exact) mass is 358 g/mol. The molecule has 0 unspecified atom stereocenters. The molecule has 0 aliphatic rings. The second kappa shape index (κ2) is 8.00. The summed E-state index contributed by atoms with van der Waals surface area (Å²) in [5.74, 6) is 0.248. The smallest absolute Gasteiger partial charge is 0.273 e. The summed E-state index contributed by atoms with van der Waals surface area (Å²) in [6.45, 7) is 2.29. The number of aromatic nitrogens is 3. The minimum Gasteiger partial charge on any atom is -0.386 e. The van der Waals surface area contributed by atoms with Crippen LogP contribution in [0.3, 0.4) is 0 Å². The lowest BCUT2D eigenvalue weighted by molar-refractivity contribution is 0.0945. The predicted molar refractivity (Wildman–Crippen MR) is 93.1 cm³/mol. The van der Waals surface area contributed by atoms with Crippen molar-refractivity contribution in [3.05, 3.63) is 52.1 Å². The number of nitrogens with one attached hydrogen (secondary N) is 1. The number of amides is 1. The van der Waals surface area contributed by atoms with Crippen LogP contribution in [0.4, 0.5) is 0 Å². The van der Waals surface area contributed by atoms with Gasteiger partial charge in [0.2, 0.25) is 0 Å². The third-order valence-electron chi connectivity index (χ3n) is 3.58. The fourth-order valence-corrected chi connectivity index (χ4v) is 3.08. The molecule has 1 amide bonds. The molecule has 7 nitrogen and oxygen atoms in total. The minimum absolute atomic E-state index is 0.234. The number of aliphatic hydroxyl groups is 1. The molecular formula is C17H18N4O3S. The van der Waals surface area contributed by atoms with Gasteiger partial charge >= 0.3 is 0 Å². The van der Waals surface area contributed by atoms with Gasteiger partial charge in [-0.3, -0.25) is 4.79 Å². The van der Waals surface area contributed by atoms with E-state index in [1.165, 1.54) is 11.3 Å². The van der Waals surface area contributed by atoms with E-state index in [0.717, 1.165) is 10.6 Å². The van der Waals surface area contributed by atoms with Crippen molar-refractivity contribution >= 4 is 17.2 Å². The maximum absolute atomic E-state index is 12.1. The number of rotatable bonds is 7. The van der Waals surface area contributed by atoms with Crippen molar-refractivity contribution in [2.24, 2.45) is 0 Å². The first-order valence-electron chi connectivity index (χ1n) is 7.98. The summed E-state index contributed by atoms with van der Waals surface area (Å²) in [5, 5.41) is 25.7. The number of carbonyl (C=O) groups is 1. The third kappa shape index (κ3) is 4.28. The second-order valence-corrected chi connectivity index (χ2v) is 6.50. The Balaban J connectivity index is 1.53. The Morgan fingerprint density at radius 3 is 2.88 bits per heavy atom. The van der Waals surface area contributed by atoms with Crippen LogP contribution in [0.1, 0.15) is 40.0 Å². The molecule has 0 fully saturated rings. The van der Waals surface area contributed by atoms with Crippen LogP contribution in [0.5, 0.6) is 0 Å². The summed E-state index contributed by atoms with van der Waals surface area (Å²) in [4.78, 5) is 12.1. The molecule has 130 valence electrons. The van der Waals surface area contributed by atoms with Crippen LogP contribution in [0.25, 0.3) is 11.3 Å². The van der Waals surface area contributed by atoms with Crippen molar-refractivity contribution in [3.8, 4) is 11.3 Å². The summed E-state index contributed by atoms with van der Waals surface area (Å²) in [5.41, 5.74) is 1.10. The highest BCUT2D eigenvalue weighted by atomic mass is 32.1. The number of benzene rings is 1. The van der Waals surface area contributed by atoms with E-state index in [1.807, 2.05) is 37.3 Å². The van der Waals surface area contributed by atoms with Crippen LogP contribution >= 0.6 is 11.3 Å². The van der Waals surface area contributed by atoms with Crippen molar-refractivity contribution in [2.45, 2.75) is 25.9 Å².